The smallest absolute Gasteiger partial charge is 0.175 e. The summed E-state index contributed by atoms with van der Waals surface area (Å²) in [7, 11) is 0. The zero-order chi connectivity index (χ0) is 7.52. The number of hydrogen-bond acceptors (Lipinski definition) is 6. The predicted molar refractivity (Wildman–Crippen MR) is 38.7 cm³/mol. The van der Waals surface area contributed by atoms with E-state index in [0.29, 0.717) is 5.82 Å². The van der Waals surface area contributed by atoms with Gasteiger partial charge in [-0.3, -0.25) is 0 Å². The van der Waals surface area contributed by atoms with E-state index >= 15 is 0 Å². The van der Waals surface area contributed by atoms with E-state index in [2.05, 4.69) is 24.5 Å². The van der Waals surface area contributed by atoms with Crippen LogP contribution in [0.5, 0.6) is 0 Å². The Labute approximate surface area is 66.3 Å². The van der Waals surface area contributed by atoms with Crippen molar-refractivity contribution in [3.63, 3.8) is 0 Å². The summed E-state index contributed by atoms with van der Waals surface area (Å²) in [4.78, 5) is 12.4. The van der Waals surface area contributed by atoms with Crippen LogP contribution in [0.3, 0.4) is 0 Å². The molecule has 5 nitrogen and oxygen atoms in total. The maximum Gasteiger partial charge on any atom is 0.175 e. The standard InChI is InChI=1S/C5H3N5S/c1-4(11-10-9-1)5-7-2-6-3-8-5/h1-3H. The summed E-state index contributed by atoms with van der Waals surface area (Å²) in [6.45, 7) is 0. The van der Waals surface area contributed by atoms with E-state index in [4.69, 9.17) is 0 Å². The normalized spacial score (nSPS) is 9.82. The summed E-state index contributed by atoms with van der Waals surface area (Å²) in [5.74, 6) is 0.620. The van der Waals surface area contributed by atoms with Gasteiger partial charge in [-0.1, -0.05) is 4.49 Å². The van der Waals surface area contributed by atoms with E-state index in [1.807, 2.05) is 0 Å². The molecule has 2 aromatic heterocycles. The van der Waals surface area contributed by atoms with Crippen LogP contribution in [0.4, 0.5) is 0 Å². The van der Waals surface area contributed by atoms with Crippen LogP contribution in [0.25, 0.3) is 10.7 Å². The lowest BCUT2D eigenvalue weighted by atomic mass is 10.5. The summed E-state index contributed by atoms with van der Waals surface area (Å²) in [6, 6.07) is 0. The highest BCUT2D eigenvalue weighted by Crippen LogP contribution is 2.14. The molecule has 0 unspecified atom stereocenters. The largest absolute Gasteiger partial charge is 0.225 e. The Morgan fingerprint density at radius 2 is 2.00 bits per heavy atom. The van der Waals surface area contributed by atoms with Gasteiger partial charge in [-0.25, -0.2) is 15.0 Å². The molecule has 0 radical (unpaired) electrons. The van der Waals surface area contributed by atoms with Crippen LogP contribution in [-0.2, 0) is 0 Å². The van der Waals surface area contributed by atoms with Crippen molar-refractivity contribution < 1.29 is 0 Å². The Hall–Kier alpha value is -1.43. The fraction of sp³-hybridized carbons (Fsp3) is 0. The highest BCUT2D eigenvalue weighted by Gasteiger charge is 2.00. The lowest BCUT2D eigenvalue weighted by molar-refractivity contribution is 1.06. The fourth-order valence-corrected chi connectivity index (χ4v) is 1.10. The molecule has 2 rings (SSSR count). The van der Waals surface area contributed by atoms with Crippen molar-refractivity contribution in [3.05, 3.63) is 18.9 Å². The molecule has 0 aliphatic rings. The van der Waals surface area contributed by atoms with Gasteiger partial charge in [0.1, 0.15) is 17.5 Å². The third kappa shape index (κ3) is 1.20. The Balaban J connectivity index is 2.46. The van der Waals surface area contributed by atoms with Crippen molar-refractivity contribution in [1.82, 2.24) is 24.5 Å². The van der Waals surface area contributed by atoms with Crippen molar-refractivity contribution in [3.8, 4) is 10.7 Å². The molecule has 6 heteroatoms. The van der Waals surface area contributed by atoms with Gasteiger partial charge in [0, 0.05) is 0 Å². The maximum atomic E-state index is 3.93. The van der Waals surface area contributed by atoms with Crippen LogP contribution in [0.2, 0.25) is 0 Å². The van der Waals surface area contributed by atoms with Gasteiger partial charge in [0.05, 0.1) is 6.20 Å². The van der Waals surface area contributed by atoms with Crippen LogP contribution >= 0.6 is 11.5 Å². The second kappa shape index (κ2) is 2.67. The number of hydrogen-bond donors (Lipinski definition) is 0. The van der Waals surface area contributed by atoms with Gasteiger partial charge in [-0.2, -0.15) is 0 Å². The fourth-order valence-electron chi connectivity index (χ4n) is 0.632. The van der Waals surface area contributed by atoms with E-state index in [9.17, 15) is 0 Å². The zero-order valence-electron chi connectivity index (χ0n) is 5.38. The molecule has 0 saturated heterocycles. The first-order chi connectivity index (χ1) is 5.47. The Bertz CT molecular complexity index is 318. The molecular weight excluding hydrogens is 162 g/mol. The molecule has 0 N–H and O–H groups in total. The second-order valence-electron chi connectivity index (χ2n) is 1.74. The van der Waals surface area contributed by atoms with Gasteiger partial charge in [0.25, 0.3) is 0 Å². The minimum atomic E-state index is 0.620. The van der Waals surface area contributed by atoms with E-state index in [1.54, 1.807) is 6.20 Å². The monoisotopic (exact) mass is 165 g/mol. The maximum absolute atomic E-state index is 3.93. The molecule has 0 saturated carbocycles. The number of aromatic nitrogens is 5. The van der Waals surface area contributed by atoms with E-state index in [0.717, 1.165) is 4.88 Å². The molecule has 0 amide bonds. The summed E-state index contributed by atoms with van der Waals surface area (Å²) in [6.07, 6.45) is 4.52. The van der Waals surface area contributed by atoms with Crippen LogP contribution in [0, 0.1) is 0 Å². The van der Waals surface area contributed by atoms with Crippen molar-refractivity contribution in [1.29, 1.82) is 0 Å². The van der Waals surface area contributed by atoms with E-state index in [-0.39, 0.29) is 0 Å². The first-order valence-corrected chi connectivity index (χ1v) is 3.64. The average molecular weight is 165 g/mol. The van der Waals surface area contributed by atoms with Crippen molar-refractivity contribution >= 4 is 11.5 Å². The third-order valence-electron chi connectivity index (χ3n) is 1.08. The van der Waals surface area contributed by atoms with Gasteiger partial charge in [-0.15, -0.1) is 5.10 Å². The van der Waals surface area contributed by atoms with Crippen molar-refractivity contribution in [2.75, 3.05) is 0 Å². The van der Waals surface area contributed by atoms with Crippen LogP contribution in [0.15, 0.2) is 18.9 Å². The summed E-state index contributed by atoms with van der Waals surface area (Å²) in [5, 5.41) is 3.67. The first kappa shape index (κ1) is 6.29. The van der Waals surface area contributed by atoms with Gasteiger partial charge < -0.3 is 0 Å². The third-order valence-corrected chi connectivity index (χ3v) is 1.74. The zero-order valence-corrected chi connectivity index (χ0v) is 6.19. The Morgan fingerprint density at radius 3 is 2.64 bits per heavy atom. The molecule has 0 bridgehead atoms. The minimum Gasteiger partial charge on any atom is -0.225 e. The Morgan fingerprint density at radius 1 is 1.18 bits per heavy atom. The molecule has 2 aromatic rings. The van der Waals surface area contributed by atoms with Crippen LogP contribution in [-0.4, -0.2) is 24.5 Å². The van der Waals surface area contributed by atoms with Crippen LogP contribution < -0.4 is 0 Å². The van der Waals surface area contributed by atoms with Gasteiger partial charge in [-0.05, 0) is 11.5 Å². The number of rotatable bonds is 1. The van der Waals surface area contributed by atoms with Crippen molar-refractivity contribution in [2.45, 2.75) is 0 Å². The highest BCUT2D eigenvalue weighted by atomic mass is 32.1. The molecule has 2 heterocycles. The predicted octanol–water partition coefficient (Wildman–Crippen LogP) is 0.390. The van der Waals surface area contributed by atoms with Gasteiger partial charge in [0.15, 0.2) is 5.82 Å². The first-order valence-electron chi connectivity index (χ1n) is 2.86. The SMILES string of the molecule is c1ncnc(-c2cnns2)n1. The van der Waals surface area contributed by atoms with Gasteiger partial charge in [0.2, 0.25) is 0 Å². The van der Waals surface area contributed by atoms with E-state index in [1.165, 1.54) is 24.2 Å². The molecular formula is C5H3N5S. The molecule has 0 aliphatic heterocycles. The topological polar surface area (TPSA) is 64.5 Å². The molecule has 0 fully saturated rings. The molecule has 0 spiro atoms. The molecule has 54 valence electrons. The lowest BCUT2D eigenvalue weighted by Crippen LogP contribution is -1.85. The molecule has 0 atom stereocenters. The van der Waals surface area contributed by atoms with Crippen LogP contribution in [0.1, 0.15) is 0 Å². The van der Waals surface area contributed by atoms with Crippen molar-refractivity contribution in [2.24, 2.45) is 0 Å². The molecule has 0 aliphatic carbocycles. The highest BCUT2D eigenvalue weighted by molar-refractivity contribution is 7.09. The summed E-state index contributed by atoms with van der Waals surface area (Å²) >= 11 is 1.26. The lowest BCUT2D eigenvalue weighted by Gasteiger charge is -1.88. The van der Waals surface area contributed by atoms with Gasteiger partial charge >= 0.3 is 0 Å². The molecule has 0 aromatic carbocycles. The van der Waals surface area contributed by atoms with E-state index < -0.39 is 0 Å². The molecule has 11 heavy (non-hydrogen) atoms. The minimum absolute atomic E-state index is 0.620. The average Bonchev–Trinajstić information content (AvgIpc) is 2.58. The summed E-state index contributed by atoms with van der Waals surface area (Å²) < 4.78 is 3.69. The quantitative estimate of drug-likeness (QED) is 0.611. The summed E-state index contributed by atoms with van der Waals surface area (Å²) in [5.41, 5.74) is 0. The number of nitrogens with zero attached hydrogens (tertiary/aromatic N) is 5. The second-order valence-corrected chi connectivity index (χ2v) is 2.53. The Kier molecular flexibility index (Phi) is 1.53.